The predicted molar refractivity (Wildman–Crippen MR) is 80.6 cm³/mol. The van der Waals surface area contributed by atoms with Gasteiger partial charge in [0, 0.05) is 17.5 Å². The second-order valence-corrected chi connectivity index (χ2v) is 6.34. The molecule has 0 saturated carbocycles. The maximum atomic E-state index is 11.2. The molecule has 19 heavy (non-hydrogen) atoms. The first-order valence-corrected chi connectivity index (χ1v) is 6.79. The van der Waals surface area contributed by atoms with E-state index in [9.17, 15) is 9.90 Å². The topological polar surface area (TPSA) is 49.3 Å². The minimum atomic E-state index is -0.930. The first-order chi connectivity index (χ1) is 8.74. The highest BCUT2D eigenvalue weighted by atomic mass is 32.1. The van der Waals surface area contributed by atoms with Crippen molar-refractivity contribution in [1.29, 1.82) is 0 Å². The zero-order chi connectivity index (χ0) is 14.6. The smallest absolute Gasteiger partial charge is 0.346 e. The molecule has 1 aromatic heterocycles. The lowest BCUT2D eigenvalue weighted by atomic mass is 9.98. The standard InChI is InChI=1S/C15H19NO2S/c1-10(9-16-5)12-8-11(6-7-15(2,3)4)19-13(12)14(17)18/h8,16H,1,9H2,2-5H3,(H,17,18). The highest BCUT2D eigenvalue weighted by Gasteiger charge is 2.16. The molecule has 0 amide bonds. The summed E-state index contributed by atoms with van der Waals surface area (Å²) in [5, 5.41) is 12.2. The molecule has 0 spiro atoms. The number of carboxylic acids is 1. The Morgan fingerprint density at radius 1 is 1.53 bits per heavy atom. The summed E-state index contributed by atoms with van der Waals surface area (Å²) in [7, 11) is 1.80. The molecule has 4 heteroatoms. The van der Waals surface area contributed by atoms with Crippen LogP contribution in [0.3, 0.4) is 0 Å². The first-order valence-electron chi connectivity index (χ1n) is 5.97. The molecule has 0 fully saturated rings. The van der Waals surface area contributed by atoms with Crippen LogP contribution in [-0.4, -0.2) is 24.7 Å². The third kappa shape index (κ3) is 4.55. The molecule has 0 aliphatic heterocycles. The van der Waals surface area contributed by atoms with Crippen LogP contribution < -0.4 is 5.32 Å². The van der Waals surface area contributed by atoms with Crippen LogP contribution in [-0.2, 0) is 0 Å². The average molecular weight is 277 g/mol. The lowest BCUT2D eigenvalue weighted by molar-refractivity contribution is 0.0702. The van der Waals surface area contributed by atoms with E-state index in [1.54, 1.807) is 7.05 Å². The maximum Gasteiger partial charge on any atom is 0.346 e. The quantitative estimate of drug-likeness (QED) is 0.832. The molecule has 0 radical (unpaired) electrons. The Balaban J connectivity index is 3.17. The van der Waals surface area contributed by atoms with Gasteiger partial charge < -0.3 is 10.4 Å². The van der Waals surface area contributed by atoms with Crippen LogP contribution in [0.5, 0.6) is 0 Å². The normalized spacial score (nSPS) is 10.7. The number of likely N-dealkylation sites (N-methyl/N-ethyl adjacent to an activating group) is 1. The van der Waals surface area contributed by atoms with Crippen molar-refractivity contribution in [1.82, 2.24) is 5.32 Å². The summed E-state index contributed by atoms with van der Waals surface area (Å²) < 4.78 is 0. The van der Waals surface area contributed by atoms with Crippen LogP contribution in [0.2, 0.25) is 0 Å². The van der Waals surface area contributed by atoms with E-state index in [0.717, 1.165) is 10.5 Å². The lowest BCUT2D eigenvalue weighted by Crippen LogP contribution is -2.10. The molecule has 0 saturated heterocycles. The Morgan fingerprint density at radius 2 is 2.16 bits per heavy atom. The molecule has 1 heterocycles. The van der Waals surface area contributed by atoms with E-state index in [-0.39, 0.29) is 5.41 Å². The lowest BCUT2D eigenvalue weighted by Gasteiger charge is -2.06. The Labute approximate surface area is 118 Å². The minimum Gasteiger partial charge on any atom is -0.477 e. The highest BCUT2D eigenvalue weighted by molar-refractivity contribution is 7.14. The van der Waals surface area contributed by atoms with E-state index in [1.165, 1.54) is 11.3 Å². The fraction of sp³-hybridized carbons (Fsp3) is 0.400. The fourth-order valence-corrected chi connectivity index (χ4v) is 2.33. The van der Waals surface area contributed by atoms with Crippen LogP contribution in [0.1, 0.15) is 40.9 Å². The molecule has 0 bridgehead atoms. The molecule has 2 N–H and O–H groups in total. The van der Waals surface area contributed by atoms with Gasteiger partial charge in [-0.3, -0.25) is 0 Å². The van der Waals surface area contributed by atoms with Crippen molar-refractivity contribution in [2.24, 2.45) is 5.41 Å². The van der Waals surface area contributed by atoms with E-state index in [0.29, 0.717) is 17.0 Å². The van der Waals surface area contributed by atoms with E-state index in [4.69, 9.17) is 0 Å². The SMILES string of the molecule is C=C(CNC)c1cc(C#CC(C)(C)C)sc1C(=O)O. The molecular weight excluding hydrogens is 258 g/mol. The zero-order valence-corrected chi connectivity index (χ0v) is 12.6. The summed E-state index contributed by atoms with van der Waals surface area (Å²) in [6.07, 6.45) is 0. The molecule has 0 aliphatic rings. The summed E-state index contributed by atoms with van der Waals surface area (Å²) in [5.74, 6) is 5.22. The maximum absolute atomic E-state index is 11.2. The Morgan fingerprint density at radius 3 is 2.63 bits per heavy atom. The van der Waals surface area contributed by atoms with Gasteiger partial charge in [0.05, 0.1) is 4.88 Å². The molecule has 0 aromatic carbocycles. The molecular formula is C15H19NO2S. The second kappa shape index (κ2) is 6.05. The first kappa shape index (κ1) is 15.5. The molecule has 3 nitrogen and oxygen atoms in total. The van der Waals surface area contributed by atoms with Crippen LogP contribution in [0.15, 0.2) is 12.6 Å². The van der Waals surface area contributed by atoms with Crippen molar-refractivity contribution < 1.29 is 9.90 Å². The molecule has 0 atom stereocenters. The minimum absolute atomic E-state index is 0.102. The van der Waals surface area contributed by atoms with Gasteiger partial charge >= 0.3 is 5.97 Å². The summed E-state index contributed by atoms with van der Waals surface area (Å²) in [6, 6.07) is 1.81. The second-order valence-electron chi connectivity index (χ2n) is 5.29. The number of hydrogen-bond acceptors (Lipinski definition) is 3. The molecule has 0 unspecified atom stereocenters. The monoisotopic (exact) mass is 277 g/mol. The average Bonchev–Trinajstić information content (AvgIpc) is 2.70. The van der Waals surface area contributed by atoms with Crippen LogP contribution >= 0.6 is 11.3 Å². The van der Waals surface area contributed by atoms with Crippen molar-refractivity contribution in [3.63, 3.8) is 0 Å². The van der Waals surface area contributed by atoms with Crippen LogP contribution in [0.25, 0.3) is 5.57 Å². The van der Waals surface area contributed by atoms with Crippen molar-refractivity contribution in [3.8, 4) is 11.8 Å². The number of nitrogens with one attached hydrogen (secondary N) is 1. The van der Waals surface area contributed by atoms with Crippen molar-refractivity contribution >= 4 is 22.9 Å². The zero-order valence-electron chi connectivity index (χ0n) is 11.8. The van der Waals surface area contributed by atoms with E-state index >= 15 is 0 Å². The van der Waals surface area contributed by atoms with E-state index < -0.39 is 5.97 Å². The predicted octanol–water partition coefficient (Wildman–Crippen LogP) is 3.08. The number of aromatic carboxylic acids is 1. The third-order valence-corrected chi connectivity index (χ3v) is 3.30. The third-order valence-electron chi connectivity index (χ3n) is 2.26. The Hall–Kier alpha value is -1.57. The van der Waals surface area contributed by atoms with Crippen LogP contribution in [0.4, 0.5) is 0 Å². The number of carbonyl (C=O) groups is 1. The van der Waals surface area contributed by atoms with Gasteiger partial charge in [-0.1, -0.05) is 18.4 Å². The molecule has 0 aliphatic carbocycles. The van der Waals surface area contributed by atoms with Gasteiger partial charge in [-0.15, -0.1) is 11.3 Å². The molecule has 102 valence electrons. The van der Waals surface area contributed by atoms with Crippen molar-refractivity contribution in [2.45, 2.75) is 20.8 Å². The van der Waals surface area contributed by atoms with Gasteiger partial charge in [0.15, 0.2) is 0 Å². The Kier molecular flexibility index (Phi) is 4.93. The number of rotatable bonds is 4. The van der Waals surface area contributed by atoms with E-state index in [2.05, 4.69) is 23.7 Å². The van der Waals surface area contributed by atoms with Crippen LogP contribution in [0, 0.1) is 17.3 Å². The van der Waals surface area contributed by atoms with Gasteiger partial charge in [-0.05, 0) is 39.5 Å². The largest absolute Gasteiger partial charge is 0.477 e. The Bertz CT molecular complexity index is 553. The summed E-state index contributed by atoms with van der Waals surface area (Å²) in [5.41, 5.74) is 1.33. The summed E-state index contributed by atoms with van der Waals surface area (Å²) >= 11 is 1.20. The fourth-order valence-electron chi connectivity index (χ4n) is 1.43. The summed E-state index contributed by atoms with van der Waals surface area (Å²) in [6.45, 7) is 10.5. The van der Waals surface area contributed by atoms with Gasteiger partial charge in [0.1, 0.15) is 4.88 Å². The number of thiophene rings is 1. The van der Waals surface area contributed by atoms with Gasteiger partial charge in [0.25, 0.3) is 0 Å². The van der Waals surface area contributed by atoms with Gasteiger partial charge in [0.2, 0.25) is 0 Å². The van der Waals surface area contributed by atoms with Gasteiger partial charge in [-0.25, -0.2) is 4.79 Å². The van der Waals surface area contributed by atoms with Crippen molar-refractivity contribution in [2.75, 3.05) is 13.6 Å². The summed E-state index contributed by atoms with van der Waals surface area (Å²) in [4.78, 5) is 12.3. The number of carboxylic acid groups (broad SMARTS) is 1. The van der Waals surface area contributed by atoms with Crippen molar-refractivity contribution in [3.05, 3.63) is 28.0 Å². The van der Waals surface area contributed by atoms with E-state index in [1.807, 2.05) is 26.8 Å². The molecule has 1 aromatic rings. The molecule has 1 rings (SSSR count). The highest BCUT2D eigenvalue weighted by Crippen LogP contribution is 2.27. The number of hydrogen-bond donors (Lipinski definition) is 2. The van der Waals surface area contributed by atoms with Gasteiger partial charge in [-0.2, -0.15) is 0 Å².